The van der Waals surface area contributed by atoms with E-state index in [9.17, 15) is 41.9 Å². The van der Waals surface area contributed by atoms with Gasteiger partial charge in [0.1, 0.15) is 25.7 Å². The first-order valence-corrected chi connectivity index (χ1v) is 11.1. The summed E-state index contributed by atoms with van der Waals surface area (Å²) in [6.07, 6.45) is -6.13. The van der Waals surface area contributed by atoms with Crippen molar-refractivity contribution < 1.29 is 70.8 Å². The Kier molecular flexibility index (Phi) is 10.4. The normalized spacial score (nSPS) is 12.7. The van der Waals surface area contributed by atoms with Crippen molar-refractivity contribution in [1.82, 2.24) is 0 Å². The smallest absolute Gasteiger partial charge is 0.480 e. The van der Waals surface area contributed by atoms with E-state index in [0.29, 0.717) is 0 Å². The largest absolute Gasteiger partial charge is 0.490 e. The average molecular weight is 571 g/mol. The molecule has 13 nitrogen and oxygen atoms in total. The molecule has 3 rings (SSSR count). The molecule has 1 atom stereocenters. The van der Waals surface area contributed by atoms with Gasteiger partial charge in [0, 0.05) is 17.5 Å². The third-order valence-electron chi connectivity index (χ3n) is 5.01. The molecule has 0 radical (unpaired) electrons. The van der Waals surface area contributed by atoms with Crippen LogP contribution in [-0.4, -0.2) is 76.9 Å². The number of carbonyl (C=O) groups excluding carboxylic acids is 5. The van der Waals surface area contributed by atoms with E-state index in [0.717, 1.165) is 6.07 Å². The van der Waals surface area contributed by atoms with Gasteiger partial charge in [0.2, 0.25) is 11.6 Å². The van der Waals surface area contributed by atoms with Crippen LogP contribution in [0.2, 0.25) is 0 Å². The second-order valence-corrected chi connectivity index (χ2v) is 7.88. The van der Waals surface area contributed by atoms with Gasteiger partial charge < -0.3 is 29.8 Å². The molecule has 1 aliphatic rings. The Bertz CT molecular complexity index is 1290. The van der Waals surface area contributed by atoms with E-state index < -0.39 is 59.9 Å². The molecule has 1 heterocycles. The maximum absolute atomic E-state index is 12.6. The number of carbonyl (C=O) groups is 7. The van der Waals surface area contributed by atoms with Crippen LogP contribution in [0.25, 0.3) is 0 Å². The van der Waals surface area contributed by atoms with Gasteiger partial charge in [-0.2, -0.15) is 13.2 Å². The van der Waals surface area contributed by atoms with Gasteiger partial charge in [0.05, 0.1) is 5.56 Å². The molecule has 0 saturated heterocycles. The number of nitrogens with two attached hydrogens (primary N) is 1. The van der Waals surface area contributed by atoms with E-state index in [4.69, 9.17) is 34.6 Å². The summed E-state index contributed by atoms with van der Waals surface area (Å²) in [6, 6.07) is 6.13. The molecule has 16 heteroatoms. The van der Waals surface area contributed by atoms with Crippen molar-refractivity contribution in [3.63, 3.8) is 0 Å². The number of carboxylic acid groups (broad SMARTS) is 2. The minimum absolute atomic E-state index is 0.0510. The van der Waals surface area contributed by atoms with Crippen LogP contribution >= 0.6 is 0 Å². The predicted octanol–water partition coefficient (Wildman–Crippen LogP) is 1.54. The van der Waals surface area contributed by atoms with Gasteiger partial charge in [-0.1, -0.05) is 24.3 Å². The Morgan fingerprint density at radius 1 is 0.900 bits per heavy atom. The van der Waals surface area contributed by atoms with Gasteiger partial charge >= 0.3 is 30.1 Å². The van der Waals surface area contributed by atoms with Crippen molar-refractivity contribution in [1.29, 1.82) is 0 Å². The zero-order chi connectivity index (χ0) is 30.2. The molecule has 214 valence electrons. The number of carboxylic acids is 2. The lowest BCUT2D eigenvalue weighted by molar-refractivity contribution is -0.192. The summed E-state index contributed by atoms with van der Waals surface area (Å²) in [5.41, 5.74) is 5.59. The van der Waals surface area contributed by atoms with Gasteiger partial charge in [-0.05, 0) is 12.5 Å². The molecule has 0 fully saturated rings. The average Bonchev–Trinajstić information content (AvgIpc) is 3.34. The van der Waals surface area contributed by atoms with Gasteiger partial charge in [-0.25, -0.2) is 4.79 Å². The van der Waals surface area contributed by atoms with Gasteiger partial charge in [0.25, 0.3) is 0 Å². The number of furan rings is 1. The maximum atomic E-state index is 12.6. The molecule has 1 aliphatic carbocycles. The molecule has 1 aromatic carbocycles. The summed E-state index contributed by atoms with van der Waals surface area (Å²) in [6.45, 7) is -0.624. The van der Waals surface area contributed by atoms with Gasteiger partial charge in [-0.15, -0.1) is 0 Å². The molecular formula is C24H20F3NO12. The predicted molar refractivity (Wildman–Crippen MR) is 121 cm³/mol. The fourth-order valence-corrected chi connectivity index (χ4v) is 3.06. The maximum Gasteiger partial charge on any atom is 0.490 e. The number of halogens is 3. The van der Waals surface area contributed by atoms with Gasteiger partial charge in [-0.3, -0.25) is 28.8 Å². The number of hydrogen-bond donors (Lipinski definition) is 3. The number of hydrogen-bond acceptors (Lipinski definition) is 11. The Labute approximate surface area is 221 Å². The Morgan fingerprint density at radius 2 is 1.43 bits per heavy atom. The first-order chi connectivity index (χ1) is 18.6. The van der Waals surface area contributed by atoms with Crippen LogP contribution in [0.4, 0.5) is 13.2 Å². The molecule has 40 heavy (non-hydrogen) atoms. The molecule has 1 aromatic heterocycles. The van der Waals surface area contributed by atoms with Crippen LogP contribution in [0.5, 0.6) is 0 Å². The van der Waals surface area contributed by atoms with Crippen LogP contribution in [-0.2, 0) is 28.7 Å². The lowest BCUT2D eigenvalue weighted by atomic mass is 9.88. The molecule has 0 aliphatic heterocycles. The van der Waals surface area contributed by atoms with E-state index in [1.165, 1.54) is 12.1 Å². The van der Waals surface area contributed by atoms with Crippen LogP contribution in [0, 0.1) is 0 Å². The topological polar surface area (TPSA) is 218 Å². The molecule has 4 N–H and O–H groups in total. The molecule has 2 aromatic rings. The van der Waals surface area contributed by atoms with E-state index in [-0.39, 0.29) is 54.3 Å². The number of Topliss-reactive ketones (excluding diaryl/α,β-unsaturated/α-hetero) is 1. The molecule has 0 spiro atoms. The second kappa shape index (κ2) is 13.3. The first-order valence-electron chi connectivity index (χ1n) is 11.1. The first kappa shape index (κ1) is 31.4. The Hall–Kier alpha value is -4.86. The van der Waals surface area contributed by atoms with E-state index in [1.54, 1.807) is 12.1 Å². The molecule has 0 saturated carbocycles. The zero-order valence-electron chi connectivity index (χ0n) is 20.2. The minimum Gasteiger partial charge on any atom is -0.480 e. The highest BCUT2D eigenvalue weighted by Gasteiger charge is 2.38. The quantitative estimate of drug-likeness (QED) is 0.136. The number of rotatable bonds is 10. The molecule has 0 amide bonds. The standard InChI is InChI=1S/C22H19NO10.C2HF3O2/c23-14(22(29)30)5-6-17(25)31-7-8-32-18(26)10-15(24)16-9-13-19(27)11-3-1-2-4-12(11)20(28)21(13)33-16;3-2(4,5)1(6)7/h1-4,9,14H,5-8,10,23H2,(H,29,30);(H,6,7)/t14-;/m0./s1. The highest BCUT2D eigenvalue weighted by Crippen LogP contribution is 2.30. The molecule has 0 unspecified atom stereocenters. The lowest BCUT2D eigenvalue weighted by Gasteiger charge is -2.11. The summed E-state index contributed by atoms with van der Waals surface area (Å²) in [5.74, 6) is -8.01. The van der Waals surface area contributed by atoms with Crippen LogP contribution in [0.15, 0.2) is 34.7 Å². The van der Waals surface area contributed by atoms with E-state index in [1.807, 2.05) is 0 Å². The zero-order valence-corrected chi connectivity index (χ0v) is 20.2. The number of alkyl halides is 3. The van der Waals surface area contributed by atoms with Crippen molar-refractivity contribution >= 4 is 41.2 Å². The third kappa shape index (κ3) is 8.32. The van der Waals surface area contributed by atoms with Crippen molar-refractivity contribution in [3.8, 4) is 0 Å². The molecule has 0 bridgehead atoms. The third-order valence-corrected chi connectivity index (χ3v) is 5.01. The number of ketones is 3. The highest BCUT2D eigenvalue weighted by molar-refractivity contribution is 6.28. The summed E-state index contributed by atoms with van der Waals surface area (Å²) >= 11 is 0. The summed E-state index contributed by atoms with van der Waals surface area (Å²) in [5, 5.41) is 15.8. The number of esters is 2. The summed E-state index contributed by atoms with van der Waals surface area (Å²) in [4.78, 5) is 80.3. The van der Waals surface area contributed by atoms with Crippen molar-refractivity contribution in [2.24, 2.45) is 5.73 Å². The van der Waals surface area contributed by atoms with Crippen LogP contribution in [0.3, 0.4) is 0 Å². The second-order valence-electron chi connectivity index (χ2n) is 7.88. The van der Waals surface area contributed by atoms with Crippen molar-refractivity contribution in [2.45, 2.75) is 31.5 Å². The van der Waals surface area contributed by atoms with Crippen LogP contribution in [0.1, 0.15) is 61.9 Å². The minimum atomic E-state index is -5.08. The fraction of sp³-hybridized carbons (Fsp3) is 0.292. The summed E-state index contributed by atoms with van der Waals surface area (Å²) in [7, 11) is 0. The van der Waals surface area contributed by atoms with E-state index in [2.05, 4.69) is 0 Å². The van der Waals surface area contributed by atoms with Crippen molar-refractivity contribution in [3.05, 3.63) is 58.5 Å². The SMILES string of the molecule is N[C@@H](CCC(=O)OCCOC(=O)CC(=O)c1cc2c(o1)C(=O)c1ccccc1C2=O)C(=O)O.O=C(O)C(F)(F)F. The fourth-order valence-electron chi connectivity index (χ4n) is 3.06. The van der Waals surface area contributed by atoms with Crippen molar-refractivity contribution in [2.75, 3.05) is 13.2 Å². The molecular weight excluding hydrogens is 551 g/mol. The number of fused-ring (bicyclic) bond motifs is 2. The number of ether oxygens (including phenoxy) is 2. The Balaban J connectivity index is 0.000000708. The monoisotopic (exact) mass is 571 g/mol. The van der Waals surface area contributed by atoms with Gasteiger partial charge in [0.15, 0.2) is 17.3 Å². The number of benzene rings is 1. The van der Waals surface area contributed by atoms with Crippen LogP contribution < -0.4 is 5.73 Å². The lowest BCUT2D eigenvalue weighted by Crippen LogP contribution is -2.30. The Morgan fingerprint density at radius 3 is 1.95 bits per heavy atom. The highest BCUT2D eigenvalue weighted by atomic mass is 19.4. The summed E-state index contributed by atoms with van der Waals surface area (Å²) < 4.78 is 46.6. The van der Waals surface area contributed by atoms with E-state index >= 15 is 0 Å². The number of aliphatic carboxylic acids is 2.